The van der Waals surface area contributed by atoms with Gasteiger partial charge in [-0.15, -0.1) is 12.3 Å². The lowest BCUT2D eigenvalue weighted by molar-refractivity contribution is 0.0949. The summed E-state index contributed by atoms with van der Waals surface area (Å²) in [5, 5.41) is 9.80. The molecule has 0 aliphatic heterocycles. The molecule has 1 saturated carbocycles. The number of hydrogen-bond acceptors (Lipinski definition) is 1. The number of hydrogen-bond donors (Lipinski definition) is 1. The summed E-state index contributed by atoms with van der Waals surface area (Å²) in [5.41, 5.74) is 0. The molecule has 0 radical (unpaired) electrons. The minimum atomic E-state index is -0.0553. The van der Waals surface area contributed by atoms with E-state index >= 15 is 0 Å². The molecule has 0 spiro atoms. The van der Waals surface area contributed by atoms with Crippen molar-refractivity contribution in [3.8, 4) is 12.3 Å². The lowest BCUT2D eigenvalue weighted by Gasteiger charge is -2.19. The van der Waals surface area contributed by atoms with E-state index in [0.717, 1.165) is 25.7 Å². The lowest BCUT2D eigenvalue weighted by atomic mass is 9.92. The molecule has 1 aliphatic rings. The fourth-order valence-electron chi connectivity index (χ4n) is 2.17. The average Bonchev–Trinajstić information content (AvgIpc) is 2.32. The Hall–Kier alpha value is -0.480. The average molecular weight is 180 g/mol. The van der Waals surface area contributed by atoms with Crippen LogP contribution in [0.15, 0.2) is 0 Å². The van der Waals surface area contributed by atoms with Crippen LogP contribution in [0, 0.1) is 18.3 Å². The molecule has 0 aromatic rings. The summed E-state index contributed by atoms with van der Waals surface area (Å²) in [6.45, 7) is 0. The predicted molar refractivity (Wildman–Crippen MR) is 55.3 cm³/mol. The number of terminal acetylenes is 1. The van der Waals surface area contributed by atoms with Crippen LogP contribution < -0.4 is 0 Å². The normalized spacial score (nSPS) is 29.2. The molecule has 0 bridgehead atoms. The molecule has 2 atom stereocenters. The number of aliphatic hydroxyl groups excluding tert-OH is 1. The fourth-order valence-corrected chi connectivity index (χ4v) is 2.17. The first-order chi connectivity index (χ1) is 6.34. The summed E-state index contributed by atoms with van der Waals surface area (Å²) in [4.78, 5) is 0. The van der Waals surface area contributed by atoms with Gasteiger partial charge < -0.3 is 5.11 Å². The van der Waals surface area contributed by atoms with Crippen LogP contribution in [0.1, 0.15) is 51.4 Å². The van der Waals surface area contributed by atoms with Crippen molar-refractivity contribution in [1.82, 2.24) is 0 Å². The van der Waals surface area contributed by atoms with E-state index in [9.17, 15) is 5.11 Å². The van der Waals surface area contributed by atoms with Gasteiger partial charge in [0.25, 0.3) is 0 Å². The summed E-state index contributed by atoms with van der Waals surface area (Å²) in [6, 6.07) is 0. The van der Waals surface area contributed by atoms with Crippen LogP contribution in [-0.4, -0.2) is 11.2 Å². The van der Waals surface area contributed by atoms with Crippen LogP contribution in [0.3, 0.4) is 0 Å². The Bertz CT molecular complexity index is 168. The first-order valence-electron chi connectivity index (χ1n) is 5.46. The Morgan fingerprint density at radius 3 is 2.77 bits per heavy atom. The summed E-state index contributed by atoms with van der Waals surface area (Å²) in [7, 11) is 0. The van der Waals surface area contributed by atoms with Crippen molar-refractivity contribution in [2.75, 3.05) is 0 Å². The van der Waals surface area contributed by atoms with Gasteiger partial charge in [-0.1, -0.05) is 19.3 Å². The van der Waals surface area contributed by atoms with E-state index < -0.39 is 0 Å². The number of aliphatic hydroxyl groups is 1. The third-order valence-electron chi connectivity index (χ3n) is 3.01. The largest absolute Gasteiger partial charge is 0.393 e. The summed E-state index contributed by atoms with van der Waals surface area (Å²) in [6.07, 6.45) is 14.2. The van der Waals surface area contributed by atoms with Crippen molar-refractivity contribution in [1.29, 1.82) is 0 Å². The third kappa shape index (κ3) is 3.83. The van der Waals surface area contributed by atoms with Crippen LogP contribution in [0.5, 0.6) is 0 Å². The van der Waals surface area contributed by atoms with E-state index in [1.165, 1.54) is 25.7 Å². The maximum absolute atomic E-state index is 9.80. The second-order valence-corrected chi connectivity index (χ2v) is 4.06. The molecule has 0 saturated heterocycles. The molecule has 0 heterocycles. The molecule has 0 aromatic heterocycles. The summed E-state index contributed by atoms with van der Waals surface area (Å²) < 4.78 is 0. The molecule has 1 heteroatoms. The second kappa shape index (κ2) is 6.05. The Labute approximate surface area is 81.5 Å². The van der Waals surface area contributed by atoms with E-state index in [1.54, 1.807) is 0 Å². The second-order valence-electron chi connectivity index (χ2n) is 4.06. The summed E-state index contributed by atoms with van der Waals surface area (Å²) in [5.74, 6) is 3.18. The van der Waals surface area contributed by atoms with Crippen molar-refractivity contribution in [2.45, 2.75) is 57.5 Å². The molecule has 1 nitrogen and oxygen atoms in total. The zero-order chi connectivity index (χ0) is 9.52. The standard InChI is InChI=1S/C12H20O/c1-2-3-5-8-11-9-6-4-7-10-12(11)13/h1,11-13H,3-10H2. The topological polar surface area (TPSA) is 20.2 Å². The minimum Gasteiger partial charge on any atom is -0.393 e. The van der Waals surface area contributed by atoms with E-state index in [1.807, 2.05) is 0 Å². The third-order valence-corrected chi connectivity index (χ3v) is 3.01. The molecule has 1 N–H and O–H groups in total. The Kier molecular flexibility index (Phi) is 4.93. The Morgan fingerprint density at radius 1 is 1.23 bits per heavy atom. The Balaban J connectivity index is 2.24. The van der Waals surface area contributed by atoms with Gasteiger partial charge in [0.05, 0.1) is 6.10 Å². The summed E-state index contributed by atoms with van der Waals surface area (Å²) >= 11 is 0. The minimum absolute atomic E-state index is 0.0553. The molecule has 1 aliphatic carbocycles. The SMILES string of the molecule is C#CCCCC1CCCCCC1O. The molecular weight excluding hydrogens is 160 g/mol. The monoisotopic (exact) mass is 180 g/mol. The molecule has 0 aromatic carbocycles. The zero-order valence-electron chi connectivity index (χ0n) is 8.34. The lowest BCUT2D eigenvalue weighted by Crippen LogP contribution is -2.18. The molecule has 13 heavy (non-hydrogen) atoms. The van der Waals surface area contributed by atoms with Crippen LogP contribution in [0.2, 0.25) is 0 Å². The van der Waals surface area contributed by atoms with Crippen molar-refractivity contribution < 1.29 is 5.11 Å². The zero-order valence-corrected chi connectivity index (χ0v) is 8.34. The van der Waals surface area contributed by atoms with Crippen molar-refractivity contribution in [2.24, 2.45) is 5.92 Å². The van der Waals surface area contributed by atoms with Gasteiger partial charge in [0.15, 0.2) is 0 Å². The van der Waals surface area contributed by atoms with Crippen molar-refractivity contribution in [3.63, 3.8) is 0 Å². The highest BCUT2D eigenvalue weighted by Crippen LogP contribution is 2.27. The van der Waals surface area contributed by atoms with Crippen LogP contribution in [0.4, 0.5) is 0 Å². The molecule has 74 valence electrons. The first-order valence-corrected chi connectivity index (χ1v) is 5.46. The van der Waals surface area contributed by atoms with E-state index in [2.05, 4.69) is 5.92 Å². The van der Waals surface area contributed by atoms with E-state index in [4.69, 9.17) is 6.42 Å². The van der Waals surface area contributed by atoms with Gasteiger partial charge in [0.2, 0.25) is 0 Å². The quantitative estimate of drug-likeness (QED) is 0.402. The molecule has 0 amide bonds. The maximum Gasteiger partial charge on any atom is 0.0568 e. The highest BCUT2D eigenvalue weighted by Gasteiger charge is 2.20. The molecule has 1 fully saturated rings. The maximum atomic E-state index is 9.80. The first kappa shape index (κ1) is 10.6. The van der Waals surface area contributed by atoms with Gasteiger partial charge in [-0.25, -0.2) is 0 Å². The van der Waals surface area contributed by atoms with Gasteiger partial charge in [-0.3, -0.25) is 0 Å². The molecular formula is C12H20O. The van der Waals surface area contributed by atoms with Crippen LogP contribution >= 0.6 is 0 Å². The Morgan fingerprint density at radius 2 is 2.00 bits per heavy atom. The smallest absolute Gasteiger partial charge is 0.0568 e. The van der Waals surface area contributed by atoms with E-state index in [-0.39, 0.29) is 6.10 Å². The van der Waals surface area contributed by atoms with Crippen LogP contribution in [-0.2, 0) is 0 Å². The van der Waals surface area contributed by atoms with Gasteiger partial charge in [-0.2, -0.15) is 0 Å². The predicted octanol–water partition coefficient (Wildman–Crippen LogP) is 2.73. The number of rotatable bonds is 3. The highest BCUT2D eigenvalue weighted by atomic mass is 16.3. The van der Waals surface area contributed by atoms with Crippen molar-refractivity contribution >= 4 is 0 Å². The fraction of sp³-hybridized carbons (Fsp3) is 0.833. The molecule has 2 unspecified atom stereocenters. The number of unbranched alkanes of at least 4 members (excludes halogenated alkanes) is 1. The van der Waals surface area contributed by atoms with Gasteiger partial charge in [-0.05, 0) is 31.6 Å². The highest BCUT2D eigenvalue weighted by molar-refractivity contribution is 4.84. The molecule has 1 rings (SSSR count). The van der Waals surface area contributed by atoms with Gasteiger partial charge >= 0.3 is 0 Å². The van der Waals surface area contributed by atoms with E-state index in [0.29, 0.717) is 5.92 Å². The van der Waals surface area contributed by atoms with Gasteiger partial charge in [0.1, 0.15) is 0 Å². The van der Waals surface area contributed by atoms with Crippen molar-refractivity contribution in [3.05, 3.63) is 0 Å². The van der Waals surface area contributed by atoms with Gasteiger partial charge in [0, 0.05) is 6.42 Å². The van der Waals surface area contributed by atoms with Crippen LogP contribution in [0.25, 0.3) is 0 Å².